The lowest BCUT2D eigenvalue weighted by Gasteiger charge is -2.04. The van der Waals surface area contributed by atoms with Crippen LogP contribution in [0, 0.1) is 6.92 Å². The molecule has 0 unspecified atom stereocenters. The summed E-state index contributed by atoms with van der Waals surface area (Å²) in [5.74, 6) is -0.134. The van der Waals surface area contributed by atoms with E-state index in [0.717, 1.165) is 5.69 Å². The molecule has 1 rings (SSSR count). The Hall–Kier alpha value is -1.35. The molecule has 1 aromatic heterocycles. The van der Waals surface area contributed by atoms with Crippen molar-refractivity contribution in [3.63, 3.8) is 0 Å². The Kier molecular flexibility index (Phi) is 4.50. The number of nitrogens with zero attached hydrogens (tertiary/aromatic N) is 1. The van der Waals surface area contributed by atoms with E-state index in [-0.39, 0.29) is 5.91 Å². The highest BCUT2D eigenvalue weighted by atomic mass is 35.5. The van der Waals surface area contributed by atoms with Gasteiger partial charge in [-0.2, -0.15) is 0 Å². The van der Waals surface area contributed by atoms with Gasteiger partial charge in [-0.15, -0.1) is 0 Å². The molecular formula is C12H15ClN2O. The molecule has 1 heterocycles. The van der Waals surface area contributed by atoms with E-state index in [4.69, 9.17) is 11.6 Å². The average Bonchev–Trinajstić information content (AvgIpc) is 2.15. The van der Waals surface area contributed by atoms with Crippen LogP contribution in [0.3, 0.4) is 0 Å². The minimum atomic E-state index is -0.134. The fourth-order valence-electron chi connectivity index (χ4n) is 1.21. The molecule has 0 spiro atoms. The van der Waals surface area contributed by atoms with Crippen LogP contribution in [-0.4, -0.2) is 17.4 Å². The van der Waals surface area contributed by atoms with Gasteiger partial charge in [0.2, 0.25) is 0 Å². The van der Waals surface area contributed by atoms with Crippen molar-refractivity contribution in [3.8, 4) is 0 Å². The predicted molar refractivity (Wildman–Crippen MR) is 65.7 cm³/mol. The molecule has 0 atom stereocenters. The molecule has 0 aliphatic heterocycles. The number of aromatic nitrogens is 1. The number of carbonyl (C=O) groups excluding carboxylic acids is 1. The maximum atomic E-state index is 11.7. The maximum absolute atomic E-state index is 11.7. The van der Waals surface area contributed by atoms with Crippen LogP contribution in [0.25, 0.3) is 0 Å². The second-order valence-corrected chi connectivity index (χ2v) is 4.20. The van der Waals surface area contributed by atoms with Gasteiger partial charge >= 0.3 is 0 Å². The molecule has 16 heavy (non-hydrogen) atoms. The quantitative estimate of drug-likeness (QED) is 0.650. The zero-order chi connectivity index (χ0) is 12.1. The lowest BCUT2D eigenvalue weighted by atomic mass is 10.2. The van der Waals surface area contributed by atoms with Crippen molar-refractivity contribution < 1.29 is 4.79 Å². The first-order chi connectivity index (χ1) is 7.49. The van der Waals surface area contributed by atoms with Crippen molar-refractivity contribution in [2.75, 3.05) is 6.54 Å². The first-order valence-electron chi connectivity index (χ1n) is 5.05. The van der Waals surface area contributed by atoms with Crippen LogP contribution in [0.15, 0.2) is 23.8 Å². The van der Waals surface area contributed by atoms with Crippen LogP contribution in [-0.2, 0) is 0 Å². The second kappa shape index (κ2) is 5.66. The predicted octanol–water partition coefficient (Wildman–Crippen LogP) is 2.74. The molecule has 0 saturated carbocycles. The van der Waals surface area contributed by atoms with Crippen LogP contribution in [0.4, 0.5) is 0 Å². The van der Waals surface area contributed by atoms with Gasteiger partial charge in [-0.3, -0.25) is 4.79 Å². The summed E-state index contributed by atoms with van der Waals surface area (Å²) < 4.78 is 0. The van der Waals surface area contributed by atoms with E-state index < -0.39 is 0 Å². The van der Waals surface area contributed by atoms with Crippen molar-refractivity contribution in [1.29, 1.82) is 0 Å². The number of aryl methyl sites for hydroxylation is 1. The molecule has 3 nitrogen and oxygen atoms in total. The second-order valence-electron chi connectivity index (χ2n) is 3.81. The van der Waals surface area contributed by atoms with Crippen LogP contribution in [0.1, 0.15) is 29.9 Å². The number of amides is 1. The number of halogens is 1. The standard InChI is InChI=1S/C12H15ClN2O/c1-8(2)4-5-14-12(16)10-6-9(3)15-11(13)7-10/h4,6-7H,5H2,1-3H3,(H,14,16). The first kappa shape index (κ1) is 12.7. The summed E-state index contributed by atoms with van der Waals surface area (Å²) in [4.78, 5) is 15.7. The minimum absolute atomic E-state index is 0.134. The number of pyridine rings is 1. The third-order valence-electron chi connectivity index (χ3n) is 1.96. The highest BCUT2D eigenvalue weighted by Crippen LogP contribution is 2.10. The third kappa shape index (κ3) is 4.03. The van der Waals surface area contributed by atoms with Gasteiger partial charge in [0.1, 0.15) is 5.15 Å². The lowest BCUT2D eigenvalue weighted by Crippen LogP contribution is -2.23. The lowest BCUT2D eigenvalue weighted by molar-refractivity contribution is 0.0958. The third-order valence-corrected chi connectivity index (χ3v) is 2.15. The fourth-order valence-corrected chi connectivity index (χ4v) is 1.46. The average molecular weight is 239 g/mol. The number of rotatable bonds is 3. The molecule has 4 heteroatoms. The molecule has 1 N–H and O–H groups in total. The summed E-state index contributed by atoms with van der Waals surface area (Å²) in [7, 11) is 0. The monoisotopic (exact) mass is 238 g/mol. The minimum Gasteiger partial charge on any atom is -0.349 e. The van der Waals surface area contributed by atoms with Crippen LogP contribution < -0.4 is 5.32 Å². The first-order valence-corrected chi connectivity index (χ1v) is 5.42. The maximum Gasteiger partial charge on any atom is 0.251 e. The Morgan fingerprint density at radius 1 is 1.50 bits per heavy atom. The summed E-state index contributed by atoms with van der Waals surface area (Å²) >= 11 is 5.78. The molecule has 0 radical (unpaired) electrons. The van der Waals surface area contributed by atoms with E-state index in [9.17, 15) is 4.79 Å². The summed E-state index contributed by atoms with van der Waals surface area (Å²) in [5, 5.41) is 3.12. The van der Waals surface area contributed by atoms with E-state index in [1.807, 2.05) is 19.9 Å². The normalized spacial score (nSPS) is 9.75. The fraction of sp³-hybridized carbons (Fsp3) is 0.333. The Labute approximate surface area is 101 Å². The highest BCUT2D eigenvalue weighted by Gasteiger charge is 2.06. The van der Waals surface area contributed by atoms with Crippen LogP contribution in [0.5, 0.6) is 0 Å². The van der Waals surface area contributed by atoms with Gasteiger partial charge < -0.3 is 5.32 Å². The zero-order valence-electron chi connectivity index (χ0n) is 9.67. The molecule has 0 aliphatic rings. The Balaban J connectivity index is 2.69. The molecule has 0 fully saturated rings. The van der Waals surface area contributed by atoms with E-state index >= 15 is 0 Å². The Bertz CT molecular complexity index is 403. The molecule has 0 saturated heterocycles. The topological polar surface area (TPSA) is 42.0 Å². The van der Waals surface area contributed by atoms with Crippen molar-refractivity contribution in [3.05, 3.63) is 40.2 Å². The summed E-state index contributed by atoms with van der Waals surface area (Å²) in [6.07, 6.45) is 1.95. The number of allylic oxidation sites excluding steroid dienone is 1. The van der Waals surface area contributed by atoms with Gasteiger partial charge in [0.15, 0.2) is 0 Å². The van der Waals surface area contributed by atoms with Gasteiger partial charge in [0.05, 0.1) is 0 Å². The molecule has 86 valence electrons. The zero-order valence-corrected chi connectivity index (χ0v) is 10.4. The van der Waals surface area contributed by atoms with Crippen molar-refractivity contribution in [1.82, 2.24) is 10.3 Å². The number of nitrogens with one attached hydrogen (secondary N) is 1. The van der Waals surface area contributed by atoms with Gasteiger partial charge in [0.25, 0.3) is 5.91 Å². The van der Waals surface area contributed by atoms with Crippen molar-refractivity contribution >= 4 is 17.5 Å². The van der Waals surface area contributed by atoms with E-state index in [2.05, 4.69) is 10.3 Å². The molecule has 1 aromatic rings. The summed E-state index contributed by atoms with van der Waals surface area (Å²) in [6, 6.07) is 3.27. The van der Waals surface area contributed by atoms with Gasteiger partial charge in [-0.1, -0.05) is 23.3 Å². The van der Waals surface area contributed by atoms with Crippen molar-refractivity contribution in [2.24, 2.45) is 0 Å². The highest BCUT2D eigenvalue weighted by molar-refractivity contribution is 6.29. The number of carbonyl (C=O) groups is 1. The number of hydrogen-bond donors (Lipinski definition) is 1. The Morgan fingerprint density at radius 2 is 2.19 bits per heavy atom. The van der Waals surface area contributed by atoms with Gasteiger partial charge in [0, 0.05) is 17.8 Å². The molecule has 0 aliphatic carbocycles. The largest absolute Gasteiger partial charge is 0.349 e. The van der Waals surface area contributed by atoms with Crippen molar-refractivity contribution in [2.45, 2.75) is 20.8 Å². The summed E-state index contributed by atoms with van der Waals surface area (Å²) in [5.41, 5.74) is 2.45. The van der Waals surface area contributed by atoms with Crippen LogP contribution >= 0.6 is 11.6 Å². The number of hydrogen-bond acceptors (Lipinski definition) is 2. The molecule has 0 bridgehead atoms. The summed E-state index contributed by atoms with van der Waals surface area (Å²) in [6.45, 7) is 6.30. The molecule has 1 amide bonds. The van der Waals surface area contributed by atoms with E-state index in [1.54, 1.807) is 19.1 Å². The Morgan fingerprint density at radius 3 is 2.75 bits per heavy atom. The molecule has 0 aromatic carbocycles. The van der Waals surface area contributed by atoms with Crippen LogP contribution in [0.2, 0.25) is 5.15 Å². The SMILES string of the molecule is CC(C)=CCNC(=O)c1cc(C)nc(Cl)c1. The van der Waals surface area contributed by atoms with Gasteiger partial charge in [-0.25, -0.2) is 4.98 Å². The smallest absolute Gasteiger partial charge is 0.251 e. The van der Waals surface area contributed by atoms with E-state index in [1.165, 1.54) is 5.57 Å². The van der Waals surface area contributed by atoms with E-state index in [0.29, 0.717) is 17.3 Å². The van der Waals surface area contributed by atoms with Gasteiger partial charge in [-0.05, 0) is 32.9 Å². The molecular weight excluding hydrogens is 224 g/mol.